The van der Waals surface area contributed by atoms with Crippen molar-refractivity contribution < 1.29 is 23.4 Å². The molecule has 0 spiro atoms. The highest BCUT2D eigenvalue weighted by Gasteiger charge is 2.40. The summed E-state index contributed by atoms with van der Waals surface area (Å²) in [5, 5.41) is 24.7. The molecule has 0 aromatic heterocycles. The topological polar surface area (TPSA) is 46.9 Å². The van der Waals surface area contributed by atoms with E-state index in [0.29, 0.717) is 23.6 Å². The highest BCUT2D eigenvalue weighted by molar-refractivity contribution is 6.30. The first-order chi connectivity index (χ1) is 25.1. The van der Waals surface area contributed by atoms with Gasteiger partial charge < -0.3 is 20.0 Å². The molecule has 4 unspecified atom stereocenters. The van der Waals surface area contributed by atoms with E-state index in [2.05, 4.69) is 49.1 Å². The van der Waals surface area contributed by atoms with E-state index in [1.54, 1.807) is 43.3 Å². The molecular weight excluding hydrogens is 728 g/mol. The van der Waals surface area contributed by atoms with Crippen LogP contribution in [0.3, 0.4) is 0 Å². The molecule has 0 saturated heterocycles. The zero-order valence-corrected chi connectivity index (χ0v) is 34.4. The maximum Gasteiger partial charge on any atom is 0.416 e. The van der Waals surface area contributed by atoms with Gasteiger partial charge in [-0.05, 0) is 119 Å². The molecule has 0 radical (unpaired) electrons. The molecule has 0 aliphatic heterocycles. The fourth-order valence-electron chi connectivity index (χ4n) is 6.90. The average Bonchev–Trinajstić information content (AvgIpc) is 3.09. The number of benzene rings is 4. The molecule has 54 heavy (non-hydrogen) atoms. The largest absolute Gasteiger partial charge is 0.416 e. The Labute approximate surface area is 330 Å². The second-order valence-corrected chi connectivity index (χ2v) is 15.9. The molecule has 9 heteroatoms. The Balaban J connectivity index is 0.000000291. The normalized spacial score (nSPS) is 16.0. The van der Waals surface area contributed by atoms with E-state index in [1.165, 1.54) is 11.6 Å². The molecule has 2 N–H and O–H groups in total. The monoisotopic (exact) mass is 782 g/mol. The van der Waals surface area contributed by atoms with Crippen LogP contribution in [0.25, 0.3) is 12.2 Å². The lowest BCUT2D eigenvalue weighted by atomic mass is 9.76. The van der Waals surface area contributed by atoms with Crippen LogP contribution < -0.4 is 0 Å². The quantitative estimate of drug-likeness (QED) is 0.142. The third kappa shape index (κ3) is 12.6. The Morgan fingerprint density at radius 2 is 1.13 bits per heavy atom. The maximum atomic E-state index is 13.2. The van der Waals surface area contributed by atoms with Crippen LogP contribution in [0.5, 0.6) is 0 Å². The minimum atomic E-state index is -4.48. The maximum absolute atomic E-state index is 13.2. The van der Waals surface area contributed by atoms with Crippen LogP contribution in [0.4, 0.5) is 13.2 Å². The Kier molecular flexibility index (Phi) is 16.2. The molecule has 4 atom stereocenters. The van der Waals surface area contributed by atoms with Gasteiger partial charge in [-0.2, -0.15) is 13.2 Å². The molecule has 0 aliphatic rings. The van der Waals surface area contributed by atoms with Crippen molar-refractivity contribution in [3.63, 3.8) is 0 Å². The molecule has 0 bridgehead atoms. The molecule has 0 heterocycles. The number of aliphatic hydroxyl groups is 2. The van der Waals surface area contributed by atoms with Gasteiger partial charge in [0, 0.05) is 41.4 Å². The predicted molar refractivity (Wildman–Crippen MR) is 221 cm³/mol. The molecule has 4 nitrogen and oxygen atoms in total. The number of halogens is 5. The van der Waals surface area contributed by atoms with E-state index < -0.39 is 22.9 Å². The van der Waals surface area contributed by atoms with Gasteiger partial charge in [-0.25, -0.2) is 0 Å². The van der Waals surface area contributed by atoms with Crippen molar-refractivity contribution in [3.8, 4) is 0 Å². The zero-order chi connectivity index (χ0) is 40.4. The molecule has 0 aliphatic carbocycles. The standard InChI is InChI=1S/C23H30ClNO.C22H25ClF3NO/c1-17-7-6-8-21(13-17)15-23(26,19(3)16-25(4)5)18(2)14-20-9-11-22(24)12-10-20;1-15(12-17-8-10-20(23)11-9-17)21(28,16(2)14-27(3)4)18-6-5-7-19(13-18)22(24,25)26/h6-14,19,26H,15-16H2,1-5H3;5-13,16,28H,14H2,1-4H3. The van der Waals surface area contributed by atoms with Gasteiger partial charge in [-0.3, -0.25) is 0 Å². The van der Waals surface area contributed by atoms with E-state index in [-0.39, 0.29) is 17.4 Å². The average molecular weight is 784 g/mol. The molecule has 292 valence electrons. The smallest absolute Gasteiger partial charge is 0.385 e. The molecule has 4 aromatic carbocycles. The number of alkyl halides is 3. The third-order valence-corrected chi connectivity index (χ3v) is 10.3. The molecular formula is C45H55Cl2F3N2O2. The van der Waals surface area contributed by atoms with Crippen molar-refractivity contribution in [1.29, 1.82) is 0 Å². The highest BCUT2D eigenvalue weighted by atomic mass is 35.5. The fraction of sp³-hybridized carbons (Fsp3) is 0.378. The van der Waals surface area contributed by atoms with Crippen LogP contribution in [-0.4, -0.2) is 66.9 Å². The SMILES string of the molecule is CC(=Cc1ccc(Cl)cc1)C(O)(Cc1cccc(C)c1)C(C)CN(C)C.CC(=Cc1ccc(Cl)cc1)C(O)(c1cccc(C(F)(F)F)c1)C(C)CN(C)C. The Hall–Kier alpha value is -3.43. The van der Waals surface area contributed by atoms with E-state index in [4.69, 9.17) is 23.2 Å². The van der Waals surface area contributed by atoms with Crippen molar-refractivity contribution in [2.75, 3.05) is 41.3 Å². The summed E-state index contributed by atoms with van der Waals surface area (Å²) in [5.74, 6) is -0.268. The fourth-order valence-corrected chi connectivity index (χ4v) is 7.15. The lowest BCUT2D eigenvalue weighted by Crippen LogP contribution is -2.44. The predicted octanol–water partition coefficient (Wildman–Crippen LogP) is 11.1. The summed E-state index contributed by atoms with van der Waals surface area (Å²) in [6, 6.07) is 28.1. The van der Waals surface area contributed by atoms with Crippen molar-refractivity contribution in [1.82, 2.24) is 9.80 Å². The van der Waals surface area contributed by atoms with Gasteiger partial charge in [0.2, 0.25) is 0 Å². The Morgan fingerprint density at radius 1 is 0.667 bits per heavy atom. The summed E-state index contributed by atoms with van der Waals surface area (Å²) in [4.78, 5) is 4.03. The second kappa shape index (κ2) is 19.4. The second-order valence-electron chi connectivity index (χ2n) is 15.0. The van der Waals surface area contributed by atoms with Crippen molar-refractivity contribution >= 4 is 35.4 Å². The van der Waals surface area contributed by atoms with Crippen LogP contribution in [0, 0.1) is 18.8 Å². The van der Waals surface area contributed by atoms with Gasteiger partial charge in [0.1, 0.15) is 5.60 Å². The molecule has 0 fully saturated rings. The summed E-state index contributed by atoms with van der Waals surface area (Å²) >= 11 is 11.9. The Morgan fingerprint density at radius 3 is 1.61 bits per heavy atom. The van der Waals surface area contributed by atoms with Crippen molar-refractivity contribution in [2.45, 2.75) is 58.4 Å². The number of aryl methyl sites for hydroxylation is 1. The lowest BCUT2D eigenvalue weighted by Gasteiger charge is -2.37. The van der Waals surface area contributed by atoms with Gasteiger partial charge in [-0.1, -0.05) is 115 Å². The lowest BCUT2D eigenvalue weighted by molar-refractivity contribution is -0.137. The number of hydrogen-bond acceptors (Lipinski definition) is 4. The van der Waals surface area contributed by atoms with Crippen molar-refractivity contribution in [2.24, 2.45) is 11.8 Å². The minimum absolute atomic E-state index is 0.0848. The van der Waals surface area contributed by atoms with Crippen LogP contribution >= 0.6 is 23.2 Å². The van der Waals surface area contributed by atoms with Gasteiger partial charge in [0.25, 0.3) is 0 Å². The Bertz CT molecular complexity index is 1860. The first-order valence-corrected chi connectivity index (χ1v) is 18.8. The highest BCUT2D eigenvalue weighted by Crippen LogP contribution is 2.41. The summed E-state index contributed by atoms with van der Waals surface area (Å²) < 4.78 is 39.7. The molecule has 4 rings (SSSR count). The van der Waals surface area contributed by atoms with Gasteiger partial charge in [0.15, 0.2) is 0 Å². The summed E-state index contributed by atoms with van der Waals surface area (Å²) in [5.41, 5.74) is 2.71. The van der Waals surface area contributed by atoms with Crippen LogP contribution in [-0.2, 0) is 18.2 Å². The van der Waals surface area contributed by atoms with Crippen LogP contribution in [0.15, 0.2) is 108 Å². The van der Waals surface area contributed by atoms with Crippen molar-refractivity contribution in [3.05, 3.63) is 152 Å². The van der Waals surface area contributed by atoms with E-state index in [0.717, 1.165) is 46.0 Å². The number of rotatable bonds is 13. The third-order valence-electron chi connectivity index (χ3n) is 9.78. The molecule has 0 saturated carbocycles. The first kappa shape index (κ1) is 45.0. The number of hydrogen-bond donors (Lipinski definition) is 2. The number of nitrogens with zero attached hydrogens (tertiary/aromatic N) is 2. The van der Waals surface area contributed by atoms with Gasteiger partial charge in [0.05, 0.1) is 11.2 Å². The van der Waals surface area contributed by atoms with Crippen LogP contribution in [0.2, 0.25) is 10.0 Å². The molecule has 0 amide bonds. The summed E-state index contributed by atoms with van der Waals surface area (Å²) in [6.45, 7) is 11.1. The first-order valence-electron chi connectivity index (χ1n) is 18.0. The molecule has 4 aromatic rings. The van der Waals surface area contributed by atoms with Gasteiger partial charge in [-0.15, -0.1) is 0 Å². The zero-order valence-electron chi connectivity index (χ0n) is 32.8. The van der Waals surface area contributed by atoms with E-state index in [1.807, 2.05) is 71.2 Å². The summed E-state index contributed by atoms with van der Waals surface area (Å²) in [6.07, 6.45) is -0.0316. The minimum Gasteiger partial charge on any atom is -0.385 e. The van der Waals surface area contributed by atoms with E-state index in [9.17, 15) is 23.4 Å². The van der Waals surface area contributed by atoms with Gasteiger partial charge >= 0.3 is 6.18 Å². The summed E-state index contributed by atoms with van der Waals surface area (Å²) in [7, 11) is 7.81. The van der Waals surface area contributed by atoms with Crippen LogP contribution in [0.1, 0.15) is 61.1 Å². The van der Waals surface area contributed by atoms with E-state index >= 15 is 0 Å².